The SMILES string of the molecule is Cc1cc(C(=O)C[NH+]2CCOCC2)c(C)n1Cc1ccc2c(c1)OCO2. The highest BCUT2D eigenvalue weighted by molar-refractivity contribution is 5.98. The first-order valence-electron chi connectivity index (χ1n) is 9.11. The van der Waals surface area contributed by atoms with Crippen LogP contribution >= 0.6 is 0 Å². The van der Waals surface area contributed by atoms with E-state index in [4.69, 9.17) is 14.2 Å². The Balaban J connectivity index is 1.51. The number of ketones is 1. The fourth-order valence-corrected chi connectivity index (χ4v) is 3.71. The summed E-state index contributed by atoms with van der Waals surface area (Å²) in [5.74, 6) is 1.79. The zero-order valence-corrected chi connectivity index (χ0v) is 15.3. The van der Waals surface area contributed by atoms with Crippen LogP contribution in [0.3, 0.4) is 0 Å². The molecular formula is C20H25N2O4+. The second-order valence-electron chi connectivity index (χ2n) is 7.02. The second kappa shape index (κ2) is 7.13. The zero-order valence-electron chi connectivity index (χ0n) is 15.3. The first-order valence-corrected chi connectivity index (χ1v) is 9.11. The number of quaternary nitrogens is 1. The molecule has 1 N–H and O–H groups in total. The number of nitrogens with zero attached hydrogens (tertiary/aromatic N) is 1. The highest BCUT2D eigenvalue weighted by Gasteiger charge is 2.22. The van der Waals surface area contributed by atoms with E-state index in [1.54, 1.807) is 0 Å². The first kappa shape index (κ1) is 17.1. The molecule has 0 unspecified atom stereocenters. The van der Waals surface area contributed by atoms with E-state index in [-0.39, 0.29) is 12.6 Å². The first-order chi connectivity index (χ1) is 12.6. The number of Topliss-reactive ketones (excluding diaryl/α,β-unsaturated/α-hetero) is 1. The number of morpholine rings is 1. The number of hydrogen-bond acceptors (Lipinski definition) is 4. The van der Waals surface area contributed by atoms with E-state index in [0.717, 1.165) is 60.3 Å². The van der Waals surface area contributed by atoms with Crippen LogP contribution in [0, 0.1) is 13.8 Å². The van der Waals surface area contributed by atoms with Crippen LogP contribution in [0.15, 0.2) is 24.3 Å². The van der Waals surface area contributed by atoms with Crippen molar-refractivity contribution in [2.45, 2.75) is 20.4 Å². The number of carbonyl (C=O) groups is 1. The van der Waals surface area contributed by atoms with Gasteiger partial charge in [0.25, 0.3) is 0 Å². The van der Waals surface area contributed by atoms with Crippen molar-refractivity contribution in [3.8, 4) is 11.5 Å². The summed E-state index contributed by atoms with van der Waals surface area (Å²) in [6.45, 7) is 8.91. The second-order valence-corrected chi connectivity index (χ2v) is 7.02. The largest absolute Gasteiger partial charge is 0.454 e. The van der Waals surface area contributed by atoms with Gasteiger partial charge in [0.15, 0.2) is 11.5 Å². The van der Waals surface area contributed by atoms with Crippen molar-refractivity contribution in [1.82, 2.24) is 4.57 Å². The van der Waals surface area contributed by atoms with Crippen molar-refractivity contribution in [3.05, 3.63) is 46.8 Å². The van der Waals surface area contributed by atoms with E-state index in [2.05, 4.69) is 11.5 Å². The average molecular weight is 357 g/mol. The lowest BCUT2D eigenvalue weighted by Crippen LogP contribution is -3.14. The number of fused-ring (bicyclic) bond motifs is 1. The summed E-state index contributed by atoms with van der Waals surface area (Å²) in [7, 11) is 0. The lowest BCUT2D eigenvalue weighted by atomic mass is 10.1. The molecule has 138 valence electrons. The number of nitrogens with one attached hydrogen (secondary N) is 1. The molecule has 0 saturated carbocycles. The zero-order chi connectivity index (χ0) is 18.1. The predicted molar refractivity (Wildman–Crippen MR) is 96.3 cm³/mol. The summed E-state index contributed by atoms with van der Waals surface area (Å²) in [6, 6.07) is 8.02. The molecule has 0 aliphatic carbocycles. The summed E-state index contributed by atoms with van der Waals surface area (Å²) < 4.78 is 18.4. The third-order valence-corrected chi connectivity index (χ3v) is 5.26. The molecular weight excluding hydrogens is 332 g/mol. The van der Waals surface area contributed by atoms with Crippen molar-refractivity contribution in [1.29, 1.82) is 0 Å². The quantitative estimate of drug-likeness (QED) is 0.811. The molecule has 6 heteroatoms. The molecule has 4 rings (SSSR count). The molecule has 2 aromatic rings. The Morgan fingerprint density at radius 1 is 1.12 bits per heavy atom. The molecule has 2 aliphatic rings. The molecule has 3 heterocycles. The minimum atomic E-state index is 0.215. The number of benzene rings is 1. The predicted octanol–water partition coefficient (Wildman–Crippen LogP) is 0.980. The Hall–Kier alpha value is -2.31. The fourth-order valence-electron chi connectivity index (χ4n) is 3.71. The minimum Gasteiger partial charge on any atom is -0.454 e. The van der Waals surface area contributed by atoms with Crippen molar-refractivity contribution in [3.63, 3.8) is 0 Å². The molecule has 1 fully saturated rings. The maximum absolute atomic E-state index is 12.8. The van der Waals surface area contributed by atoms with Crippen LogP contribution < -0.4 is 14.4 Å². The van der Waals surface area contributed by atoms with E-state index in [1.165, 1.54) is 4.90 Å². The van der Waals surface area contributed by atoms with Crippen molar-refractivity contribution in [2.75, 3.05) is 39.6 Å². The Bertz CT molecular complexity index is 821. The normalized spacial score (nSPS) is 16.8. The fraction of sp³-hybridized carbons (Fsp3) is 0.450. The number of ether oxygens (including phenoxy) is 3. The van der Waals surface area contributed by atoms with Gasteiger partial charge < -0.3 is 23.7 Å². The minimum absolute atomic E-state index is 0.215. The molecule has 0 atom stereocenters. The summed E-state index contributed by atoms with van der Waals surface area (Å²) >= 11 is 0. The molecule has 0 spiro atoms. The van der Waals surface area contributed by atoms with Crippen LogP contribution in [0.2, 0.25) is 0 Å². The average Bonchev–Trinajstić information content (AvgIpc) is 3.22. The van der Waals surface area contributed by atoms with Gasteiger partial charge >= 0.3 is 0 Å². The van der Waals surface area contributed by atoms with Gasteiger partial charge in [0, 0.05) is 23.5 Å². The Kier molecular flexibility index (Phi) is 4.70. The monoisotopic (exact) mass is 357 g/mol. The Morgan fingerprint density at radius 2 is 1.88 bits per heavy atom. The van der Waals surface area contributed by atoms with Gasteiger partial charge in [-0.25, -0.2) is 0 Å². The third-order valence-electron chi connectivity index (χ3n) is 5.26. The number of hydrogen-bond donors (Lipinski definition) is 1. The maximum atomic E-state index is 12.8. The Morgan fingerprint density at radius 3 is 2.69 bits per heavy atom. The summed E-state index contributed by atoms with van der Waals surface area (Å²) in [5, 5.41) is 0. The third kappa shape index (κ3) is 3.34. The lowest BCUT2D eigenvalue weighted by molar-refractivity contribution is -0.899. The Labute approximate surface area is 153 Å². The number of aryl methyl sites for hydroxylation is 1. The van der Waals surface area contributed by atoms with E-state index < -0.39 is 0 Å². The highest BCUT2D eigenvalue weighted by Crippen LogP contribution is 2.33. The number of aromatic nitrogens is 1. The molecule has 0 amide bonds. The van der Waals surface area contributed by atoms with Gasteiger partial charge in [0.1, 0.15) is 19.6 Å². The van der Waals surface area contributed by atoms with Gasteiger partial charge in [-0.05, 0) is 37.6 Å². The molecule has 6 nitrogen and oxygen atoms in total. The highest BCUT2D eigenvalue weighted by atomic mass is 16.7. The molecule has 1 aromatic heterocycles. The smallest absolute Gasteiger partial charge is 0.231 e. The van der Waals surface area contributed by atoms with E-state index in [9.17, 15) is 4.79 Å². The van der Waals surface area contributed by atoms with Gasteiger partial charge in [-0.1, -0.05) is 6.07 Å². The molecule has 1 saturated heterocycles. The summed E-state index contributed by atoms with van der Waals surface area (Å²) in [4.78, 5) is 14.1. The number of rotatable bonds is 5. The van der Waals surface area contributed by atoms with E-state index in [0.29, 0.717) is 13.1 Å². The lowest BCUT2D eigenvalue weighted by Gasteiger charge is -2.23. The standard InChI is InChI=1S/C20H24N2O4/c1-14-9-17(18(23)12-21-5-7-24-8-6-21)15(2)22(14)11-16-3-4-19-20(10-16)26-13-25-19/h3-4,9-10H,5-8,11-13H2,1-2H3/p+1. The van der Waals surface area contributed by atoms with Crippen LogP contribution in [0.4, 0.5) is 0 Å². The number of carbonyl (C=O) groups excluding carboxylic acids is 1. The maximum Gasteiger partial charge on any atom is 0.231 e. The van der Waals surface area contributed by atoms with Crippen molar-refractivity contribution < 1.29 is 23.9 Å². The van der Waals surface area contributed by atoms with Crippen LogP contribution in [0.5, 0.6) is 11.5 Å². The summed E-state index contributed by atoms with van der Waals surface area (Å²) in [5.41, 5.74) is 4.09. The summed E-state index contributed by atoms with van der Waals surface area (Å²) in [6.07, 6.45) is 0. The molecule has 0 radical (unpaired) electrons. The van der Waals surface area contributed by atoms with Crippen LogP contribution in [0.25, 0.3) is 0 Å². The molecule has 2 aliphatic heterocycles. The molecule has 26 heavy (non-hydrogen) atoms. The van der Waals surface area contributed by atoms with Gasteiger partial charge in [-0.2, -0.15) is 0 Å². The van der Waals surface area contributed by atoms with E-state index in [1.807, 2.05) is 31.2 Å². The van der Waals surface area contributed by atoms with Gasteiger partial charge in [0.2, 0.25) is 12.6 Å². The van der Waals surface area contributed by atoms with Crippen LogP contribution in [0.1, 0.15) is 27.3 Å². The van der Waals surface area contributed by atoms with Gasteiger partial charge in [-0.15, -0.1) is 0 Å². The van der Waals surface area contributed by atoms with E-state index >= 15 is 0 Å². The van der Waals surface area contributed by atoms with Gasteiger partial charge in [0.05, 0.1) is 13.2 Å². The van der Waals surface area contributed by atoms with Crippen molar-refractivity contribution in [2.24, 2.45) is 0 Å². The molecule has 1 aromatic carbocycles. The van der Waals surface area contributed by atoms with Crippen LogP contribution in [-0.2, 0) is 11.3 Å². The molecule has 0 bridgehead atoms. The topological polar surface area (TPSA) is 54.1 Å². The van der Waals surface area contributed by atoms with Crippen LogP contribution in [-0.4, -0.2) is 50.0 Å². The van der Waals surface area contributed by atoms with Gasteiger partial charge in [-0.3, -0.25) is 4.79 Å². The van der Waals surface area contributed by atoms with Crippen molar-refractivity contribution >= 4 is 5.78 Å².